The van der Waals surface area contributed by atoms with Crippen molar-refractivity contribution in [1.82, 2.24) is 9.55 Å². The zero-order chi connectivity index (χ0) is 12.3. The maximum Gasteiger partial charge on any atom is 0.121 e. The van der Waals surface area contributed by atoms with Crippen molar-refractivity contribution in [3.05, 3.63) is 24.0 Å². The molecular weight excluding hydrogens is 232 g/mol. The fraction of sp³-hybridized carbons (Fsp3) is 0.308. The van der Waals surface area contributed by atoms with E-state index in [-0.39, 0.29) is 0 Å². The van der Waals surface area contributed by atoms with Gasteiger partial charge in [-0.05, 0) is 19.1 Å². The molecule has 0 spiro atoms. The van der Waals surface area contributed by atoms with Gasteiger partial charge in [-0.3, -0.25) is 0 Å². The quantitative estimate of drug-likeness (QED) is 0.663. The Morgan fingerprint density at radius 1 is 1.53 bits per heavy atom. The van der Waals surface area contributed by atoms with Gasteiger partial charge in [-0.15, -0.1) is 6.42 Å². The van der Waals surface area contributed by atoms with Crippen LogP contribution in [0.15, 0.2) is 18.2 Å². The molecule has 0 amide bonds. The van der Waals surface area contributed by atoms with Gasteiger partial charge in [-0.25, -0.2) is 4.98 Å². The van der Waals surface area contributed by atoms with Gasteiger partial charge in [-0.1, -0.05) is 5.92 Å². The number of nitrogens with zero attached hydrogens (tertiary/aromatic N) is 2. The van der Waals surface area contributed by atoms with E-state index in [4.69, 9.17) is 11.2 Å². The van der Waals surface area contributed by atoms with Crippen LogP contribution in [0.2, 0.25) is 0 Å². The first kappa shape index (κ1) is 11.9. The molecule has 2 rings (SSSR count). The topological polar surface area (TPSA) is 27.1 Å². The van der Waals surface area contributed by atoms with Gasteiger partial charge < -0.3 is 9.30 Å². The molecule has 3 nitrogen and oxygen atoms in total. The molecule has 0 aliphatic carbocycles. The van der Waals surface area contributed by atoms with E-state index in [1.165, 1.54) is 0 Å². The van der Waals surface area contributed by atoms with E-state index in [9.17, 15) is 0 Å². The number of rotatable bonds is 4. The molecule has 1 aromatic carbocycles. The van der Waals surface area contributed by atoms with Crippen LogP contribution < -0.4 is 4.74 Å². The molecule has 1 heterocycles. The van der Waals surface area contributed by atoms with Gasteiger partial charge >= 0.3 is 0 Å². The minimum atomic E-state index is 0.514. The van der Waals surface area contributed by atoms with E-state index in [0.29, 0.717) is 18.9 Å². The largest absolute Gasteiger partial charge is 0.494 e. The van der Waals surface area contributed by atoms with E-state index in [2.05, 4.69) is 23.5 Å². The fourth-order valence-electron chi connectivity index (χ4n) is 1.80. The zero-order valence-corrected chi connectivity index (χ0v) is 10.6. The van der Waals surface area contributed by atoms with Gasteiger partial charge in [0.1, 0.15) is 11.6 Å². The van der Waals surface area contributed by atoms with E-state index < -0.39 is 0 Å². The summed E-state index contributed by atoms with van der Waals surface area (Å²) < 4.78 is 7.45. The summed E-state index contributed by atoms with van der Waals surface area (Å²) in [6.07, 6.45) is 5.36. The highest BCUT2D eigenvalue weighted by molar-refractivity contribution is 7.79. The predicted molar refractivity (Wildman–Crippen MR) is 72.4 cm³/mol. The summed E-state index contributed by atoms with van der Waals surface area (Å²) in [6, 6.07) is 5.85. The molecule has 4 heteroatoms. The monoisotopic (exact) mass is 246 g/mol. The Balaban J connectivity index is 2.54. The molecule has 0 aliphatic heterocycles. The molecule has 0 fully saturated rings. The number of aromatic nitrogens is 2. The number of terminal acetylenes is 1. The highest BCUT2D eigenvalue weighted by Crippen LogP contribution is 2.22. The third-order valence-corrected chi connectivity index (χ3v) is 2.78. The first-order chi connectivity index (χ1) is 8.30. The Morgan fingerprint density at radius 3 is 3.00 bits per heavy atom. The number of hydrogen-bond donors (Lipinski definition) is 1. The van der Waals surface area contributed by atoms with Gasteiger partial charge in [0.05, 0.1) is 24.2 Å². The van der Waals surface area contributed by atoms with Crippen molar-refractivity contribution < 1.29 is 4.74 Å². The van der Waals surface area contributed by atoms with E-state index in [1.54, 1.807) is 0 Å². The number of hydrogen-bond acceptors (Lipinski definition) is 3. The van der Waals surface area contributed by atoms with Crippen molar-refractivity contribution in [3.63, 3.8) is 0 Å². The number of ether oxygens (including phenoxy) is 1. The lowest BCUT2D eigenvalue weighted by Gasteiger charge is -2.04. The normalized spacial score (nSPS) is 10.4. The third-order valence-electron chi connectivity index (χ3n) is 2.50. The minimum Gasteiger partial charge on any atom is -0.494 e. The number of benzene rings is 1. The average molecular weight is 246 g/mol. The zero-order valence-electron chi connectivity index (χ0n) is 9.68. The van der Waals surface area contributed by atoms with E-state index in [1.807, 2.05) is 29.7 Å². The standard InChI is InChI=1S/C13H14N2OS/c1-3-7-15-12-6-5-10(16-4-2)8-11(12)14-13(15)9-17/h1,5-6,8,17H,4,7,9H2,2H3. The van der Waals surface area contributed by atoms with Crippen LogP contribution in [0.25, 0.3) is 11.0 Å². The van der Waals surface area contributed by atoms with Crippen LogP contribution >= 0.6 is 12.6 Å². The molecule has 88 valence electrons. The molecule has 0 atom stereocenters. The molecule has 1 aromatic heterocycles. The first-order valence-corrected chi connectivity index (χ1v) is 6.09. The Hall–Kier alpha value is -1.60. The van der Waals surface area contributed by atoms with Crippen LogP contribution in [-0.2, 0) is 12.3 Å². The molecule has 0 aliphatic rings. The lowest BCUT2D eigenvalue weighted by atomic mass is 10.3. The van der Waals surface area contributed by atoms with Crippen LogP contribution in [-0.4, -0.2) is 16.2 Å². The third kappa shape index (κ3) is 2.25. The second-order valence-corrected chi connectivity index (χ2v) is 3.88. The lowest BCUT2D eigenvalue weighted by molar-refractivity contribution is 0.340. The molecule has 0 radical (unpaired) electrons. The maximum atomic E-state index is 5.45. The Morgan fingerprint density at radius 2 is 2.35 bits per heavy atom. The Kier molecular flexibility index (Phi) is 3.60. The van der Waals surface area contributed by atoms with Crippen LogP contribution in [0.3, 0.4) is 0 Å². The van der Waals surface area contributed by atoms with Crippen molar-refractivity contribution >= 4 is 23.7 Å². The highest BCUT2D eigenvalue weighted by Gasteiger charge is 2.09. The summed E-state index contributed by atoms with van der Waals surface area (Å²) in [5.41, 5.74) is 1.92. The van der Waals surface area contributed by atoms with Crippen molar-refractivity contribution in [3.8, 4) is 18.1 Å². The summed E-state index contributed by atoms with van der Waals surface area (Å²) in [5, 5.41) is 0. The number of fused-ring (bicyclic) bond motifs is 1. The summed E-state index contributed by atoms with van der Waals surface area (Å²) in [7, 11) is 0. The smallest absolute Gasteiger partial charge is 0.121 e. The van der Waals surface area contributed by atoms with Gasteiger partial charge in [0.25, 0.3) is 0 Å². The highest BCUT2D eigenvalue weighted by atomic mass is 32.1. The van der Waals surface area contributed by atoms with Crippen LogP contribution in [0, 0.1) is 12.3 Å². The SMILES string of the molecule is C#CCn1c(CS)nc2cc(OCC)ccc21. The second-order valence-electron chi connectivity index (χ2n) is 3.56. The Labute approximate surface area is 106 Å². The van der Waals surface area contributed by atoms with Gasteiger partial charge in [0.2, 0.25) is 0 Å². The fourth-order valence-corrected chi connectivity index (χ4v) is 2.05. The maximum absolute atomic E-state index is 5.45. The summed E-state index contributed by atoms with van der Waals surface area (Å²) in [6.45, 7) is 3.12. The van der Waals surface area contributed by atoms with Crippen LogP contribution in [0.1, 0.15) is 12.7 Å². The van der Waals surface area contributed by atoms with E-state index >= 15 is 0 Å². The van der Waals surface area contributed by atoms with Crippen LogP contribution in [0.4, 0.5) is 0 Å². The van der Waals surface area contributed by atoms with Gasteiger partial charge in [0.15, 0.2) is 0 Å². The molecule has 0 unspecified atom stereocenters. The molecular formula is C13H14N2OS. The number of thiol groups is 1. The summed E-state index contributed by atoms with van der Waals surface area (Å²) in [5.74, 6) is 4.92. The second kappa shape index (κ2) is 5.15. The van der Waals surface area contributed by atoms with E-state index in [0.717, 1.165) is 22.6 Å². The molecule has 0 saturated carbocycles. The Bertz CT molecular complexity index is 569. The first-order valence-electron chi connectivity index (χ1n) is 5.46. The summed E-state index contributed by atoms with van der Waals surface area (Å²) in [4.78, 5) is 4.50. The molecule has 0 N–H and O–H groups in total. The van der Waals surface area contributed by atoms with Gasteiger partial charge in [-0.2, -0.15) is 12.6 Å². The predicted octanol–water partition coefficient (Wildman–Crippen LogP) is 2.50. The van der Waals surface area contributed by atoms with Gasteiger partial charge in [0, 0.05) is 11.8 Å². The summed E-state index contributed by atoms with van der Waals surface area (Å²) >= 11 is 4.27. The molecule has 2 aromatic rings. The molecule has 0 saturated heterocycles. The van der Waals surface area contributed by atoms with Crippen molar-refractivity contribution in [2.75, 3.05) is 6.61 Å². The van der Waals surface area contributed by atoms with Crippen molar-refractivity contribution in [2.24, 2.45) is 0 Å². The average Bonchev–Trinajstić information content (AvgIpc) is 2.68. The number of imidazole rings is 1. The minimum absolute atomic E-state index is 0.514. The van der Waals surface area contributed by atoms with Crippen molar-refractivity contribution in [2.45, 2.75) is 19.2 Å². The van der Waals surface area contributed by atoms with Crippen molar-refractivity contribution in [1.29, 1.82) is 0 Å². The lowest BCUT2D eigenvalue weighted by Crippen LogP contribution is -2.00. The van der Waals surface area contributed by atoms with Crippen LogP contribution in [0.5, 0.6) is 5.75 Å². The molecule has 0 bridgehead atoms. The molecule has 17 heavy (non-hydrogen) atoms.